The summed E-state index contributed by atoms with van der Waals surface area (Å²) in [7, 11) is 0. The largest absolute Gasteiger partial charge is 0.377 e. The van der Waals surface area contributed by atoms with Gasteiger partial charge in [-0.05, 0) is 44.2 Å². The molecule has 0 heterocycles. The number of likely N-dealkylation sites (N-methyl/N-ethyl adjacent to an activating group) is 1. The molecular weight excluding hydrogens is 236 g/mol. The average molecular weight is 270 g/mol. The lowest BCUT2D eigenvalue weighted by Crippen LogP contribution is -2.34. The van der Waals surface area contributed by atoms with Crippen molar-refractivity contribution in [2.24, 2.45) is 11.8 Å². The molecule has 0 saturated heterocycles. The summed E-state index contributed by atoms with van der Waals surface area (Å²) < 4.78 is 5.99. The van der Waals surface area contributed by atoms with Crippen LogP contribution in [0.3, 0.4) is 0 Å². The first-order valence-corrected chi connectivity index (χ1v) is 8.22. The zero-order chi connectivity index (χ0) is 14.1. The Morgan fingerprint density at radius 2 is 1.79 bits per heavy atom. The highest BCUT2D eigenvalue weighted by Crippen LogP contribution is 2.30. The van der Waals surface area contributed by atoms with Crippen molar-refractivity contribution in [1.29, 1.82) is 0 Å². The summed E-state index contributed by atoms with van der Waals surface area (Å²) in [4.78, 5) is 2.44. The summed E-state index contributed by atoms with van der Waals surface area (Å²) in [5.41, 5.74) is 0. The molecule has 19 heavy (non-hydrogen) atoms. The van der Waals surface area contributed by atoms with Crippen LogP contribution in [0.2, 0.25) is 0 Å². The summed E-state index contributed by atoms with van der Waals surface area (Å²) >= 11 is 0. The molecule has 0 spiro atoms. The molecule has 0 amide bonds. The van der Waals surface area contributed by atoms with Crippen LogP contribution in [-0.2, 0) is 4.74 Å². The molecule has 3 atom stereocenters. The normalized spacial score (nSPS) is 27.9. The molecule has 1 saturated carbocycles. The Hall–Kier alpha value is -0.120. The lowest BCUT2D eigenvalue weighted by atomic mass is 9.80. The molecule has 1 rings (SSSR count). The Morgan fingerprint density at radius 3 is 2.42 bits per heavy atom. The van der Waals surface area contributed by atoms with E-state index in [0.717, 1.165) is 51.2 Å². The van der Waals surface area contributed by atoms with Crippen LogP contribution in [0.5, 0.6) is 0 Å². The molecule has 1 aliphatic rings. The second-order valence-electron chi connectivity index (χ2n) is 6.04. The Balaban J connectivity index is 1.96. The smallest absolute Gasteiger partial charge is 0.0594 e. The molecule has 0 radical (unpaired) electrons. The summed E-state index contributed by atoms with van der Waals surface area (Å²) in [6.07, 6.45) is 4.35. The monoisotopic (exact) mass is 270 g/mol. The molecule has 1 N–H and O–H groups in total. The van der Waals surface area contributed by atoms with Gasteiger partial charge in [0, 0.05) is 19.6 Å². The number of hydrogen-bond donors (Lipinski definition) is 1. The predicted molar refractivity (Wildman–Crippen MR) is 82.6 cm³/mol. The topological polar surface area (TPSA) is 24.5 Å². The summed E-state index contributed by atoms with van der Waals surface area (Å²) in [5.74, 6) is 1.71. The third-order valence-corrected chi connectivity index (χ3v) is 4.68. The van der Waals surface area contributed by atoms with Gasteiger partial charge in [0.05, 0.1) is 12.7 Å². The van der Waals surface area contributed by atoms with Gasteiger partial charge < -0.3 is 15.0 Å². The van der Waals surface area contributed by atoms with E-state index in [0.29, 0.717) is 6.10 Å². The second-order valence-corrected chi connectivity index (χ2v) is 6.04. The SMILES string of the molecule is CCN(CC)CCNCCOC1CCC(C)C(C)C1. The molecule has 114 valence electrons. The van der Waals surface area contributed by atoms with Gasteiger partial charge in [0.25, 0.3) is 0 Å². The molecule has 3 nitrogen and oxygen atoms in total. The fraction of sp³-hybridized carbons (Fsp3) is 1.00. The minimum atomic E-state index is 0.510. The molecule has 3 unspecified atom stereocenters. The third kappa shape index (κ3) is 6.73. The van der Waals surface area contributed by atoms with Gasteiger partial charge in [-0.2, -0.15) is 0 Å². The van der Waals surface area contributed by atoms with E-state index in [4.69, 9.17) is 4.74 Å². The lowest BCUT2D eigenvalue weighted by molar-refractivity contribution is 0.00425. The number of nitrogens with zero attached hydrogens (tertiary/aromatic N) is 1. The predicted octanol–water partition coefficient (Wildman–Crippen LogP) is 2.76. The van der Waals surface area contributed by atoms with Crippen molar-refractivity contribution in [3.8, 4) is 0 Å². The van der Waals surface area contributed by atoms with Crippen molar-refractivity contribution >= 4 is 0 Å². The molecule has 1 fully saturated rings. The van der Waals surface area contributed by atoms with E-state index >= 15 is 0 Å². The highest BCUT2D eigenvalue weighted by Gasteiger charge is 2.24. The zero-order valence-electron chi connectivity index (χ0n) is 13.5. The van der Waals surface area contributed by atoms with Crippen molar-refractivity contribution in [3.05, 3.63) is 0 Å². The Bertz CT molecular complexity index is 219. The van der Waals surface area contributed by atoms with E-state index < -0.39 is 0 Å². The maximum Gasteiger partial charge on any atom is 0.0594 e. The molecule has 0 aromatic heterocycles. The van der Waals surface area contributed by atoms with Crippen molar-refractivity contribution in [3.63, 3.8) is 0 Å². The first kappa shape index (κ1) is 16.9. The number of nitrogens with one attached hydrogen (secondary N) is 1. The number of ether oxygens (including phenoxy) is 1. The Morgan fingerprint density at radius 1 is 1.05 bits per heavy atom. The standard InChI is InChI=1S/C16H34N2O/c1-5-18(6-2)11-9-17-10-12-19-16-8-7-14(3)15(4)13-16/h14-17H,5-13H2,1-4H3. The quantitative estimate of drug-likeness (QED) is 0.652. The van der Waals surface area contributed by atoms with Gasteiger partial charge in [-0.3, -0.25) is 0 Å². The van der Waals surface area contributed by atoms with Crippen molar-refractivity contribution < 1.29 is 4.74 Å². The third-order valence-electron chi connectivity index (χ3n) is 4.68. The fourth-order valence-corrected chi connectivity index (χ4v) is 2.85. The van der Waals surface area contributed by atoms with Gasteiger partial charge >= 0.3 is 0 Å². The van der Waals surface area contributed by atoms with Crippen molar-refractivity contribution in [2.75, 3.05) is 39.3 Å². The molecule has 0 aliphatic heterocycles. The maximum absolute atomic E-state index is 5.99. The highest BCUT2D eigenvalue weighted by atomic mass is 16.5. The summed E-state index contributed by atoms with van der Waals surface area (Å²) in [6, 6.07) is 0. The van der Waals surface area contributed by atoms with Crippen LogP contribution in [-0.4, -0.2) is 50.3 Å². The van der Waals surface area contributed by atoms with Crippen LogP contribution in [0.4, 0.5) is 0 Å². The molecular formula is C16H34N2O. The van der Waals surface area contributed by atoms with Crippen molar-refractivity contribution in [1.82, 2.24) is 10.2 Å². The van der Waals surface area contributed by atoms with E-state index in [9.17, 15) is 0 Å². The number of rotatable bonds is 9. The second kappa shape index (κ2) is 9.73. The molecule has 0 bridgehead atoms. The van der Waals surface area contributed by atoms with Crippen molar-refractivity contribution in [2.45, 2.75) is 53.1 Å². The van der Waals surface area contributed by atoms with E-state index in [2.05, 4.69) is 37.9 Å². The summed E-state index contributed by atoms with van der Waals surface area (Å²) in [6.45, 7) is 15.5. The van der Waals surface area contributed by atoms with E-state index in [1.807, 2.05) is 0 Å². The Kier molecular flexibility index (Phi) is 8.67. The summed E-state index contributed by atoms with van der Waals surface area (Å²) in [5, 5.41) is 3.48. The van der Waals surface area contributed by atoms with Crippen LogP contribution in [0, 0.1) is 11.8 Å². The van der Waals surface area contributed by atoms with Gasteiger partial charge in [0.1, 0.15) is 0 Å². The van der Waals surface area contributed by atoms with Crippen LogP contribution < -0.4 is 5.32 Å². The minimum Gasteiger partial charge on any atom is -0.377 e. The van der Waals surface area contributed by atoms with Crippen LogP contribution in [0.15, 0.2) is 0 Å². The van der Waals surface area contributed by atoms with Crippen LogP contribution >= 0.6 is 0 Å². The highest BCUT2D eigenvalue weighted by molar-refractivity contribution is 4.75. The minimum absolute atomic E-state index is 0.510. The van der Waals surface area contributed by atoms with E-state index in [1.165, 1.54) is 19.3 Å². The van der Waals surface area contributed by atoms with Gasteiger partial charge in [-0.25, -0.2) is 0 Å². The van der Waals surface area contributed by atoms with Gasteiger partial charge in [-0.1, -0.05) is 27.7 Å². The van der Waals surface area contributed by atoms with Crippen LogP contribution in [0.25, 0.3) is 0 Å². The Labute approximate surface area is 120 Å². The van der Waals surface area contributed by atoms with E-state index in [1.54, 1.807) is 0 Å². The van der Waals surface area contributed by atoms with Gasteiger partial charge in [0.2, 0.25) is 0 Å². The first-order valence-electron chi connectivity index (χ1n) is 8.22. The first-order chi connectivity index (χ1) is 9.17. The maximum atomic E-state index is 5.99. The average Bonchev–Trinajstić information content (AvgIpc) is 2.42. The van der Waals surface area contributed by atoms with Gasteiger partial charge in [-0.15, -0.1) is 0 Å². The molecule has 0 aromatic carbocycles. The fourth-order valence-electron chi connectivity index (χ4n) is 2.85. The zero-order valence-corrected chi connectivity index (χ0v) is 13.5. The van der Waals surface area contributed by atoms with E-state index in [-0.39, 0.29) is 0 Å². The molecule has 0 aromatic rings. The van der Waals surface area contributed by atoms with Gasteiger partial charge in [0.15, 0.2) is 0 Å². The molecule has 1 aliphatic carbocycles. The molecule has 3 heteroatoms. The number of hydrogen-bond acceptors (Lipinski definition) is 3. The van der Waals surface area contributed by atoms with Crippen LogP contribution in [0.1, 0.15) is 47.0 Å². The lowest BCUT2D eigenvalue weighted by Gasteiger charge is -2.32.